The Labute approximate surface area is 154 Å². The fourth-order valence-corrected chi connectivity index (χ4v) is 7.21. The summed E-state index contributed by atoms with van der Waals surface area (Å²) in [6.07, 6.45) is 0. The van der Waals surface area contributed by atoms with Gasteiger partial charge in [0.1, 0.15) is 6.61 Å². The van der Waals surface area contributed by atoms with Crippen molar-refractivity contribution in [1.29, 1.82) is 0 Å². The van der Waals surface area contributed by atoms with Gasteiger partial charge in [-0.3, -0.25) is 4.79 Å². The second kappa shape index (κ2) is 6.84. The summed E-state index contributed by atoms with van der Waals surface area (Å²) in [6, 6.07) is 4.63. The lowest BCUT2D eigenvalue weighted by Gasteiger charge is -2.25. The van der Waals surface area contributed by atoms with Crippen molar-refractivity contribution in [2.24, 2.45) is 4.99 Å². The zero-order chi connectivity index (χ0) is 17.5. The molecule has 2 aliphatic rings. The standard InChI is InChI=1S/C14H14Cl2N2O4S2/c1-22-5-13(19)17-14-18(10-3-2-8(15)4-9(10)16)11-6-24(20,21)7-12(11)23-14/h2-4,11-12H,5-7H2,1H3/t11-,12-/m1/s1. The fraction of sp³-hybridized carbons (Fsp3) is 0.429. The van der Waals surface area contributed by atoms with Gasteiger partial charge in [-0.2, -0.15) is 4.99 Å². The number of fused-ring (bicyclic) bond motifs is 1. The van der Waals surface area contributed by atoms with Gasteiger partial charge >= 0.3 is 0 Å². The molecule has 1 amide bonds. The lowest BCUT2D eigenvalue weighted by atomic mass is 10.2. The van der Waals surface area contributed by atoms with Gasteiger partial charge in [0.15, 0.2) is 15.0 Å². The molecule has 2 atom stereocenters. The minimum absolute atomic E-state index is 0.00110. The Kier molecular flexibility index (Phi) is 5.13. The summed E-state index contributed by atoms with van der Waals surface area (Å²) in [5.41, 5.74) is 0.585. The number of hydrogen-bond acceptors (Lipinski definition) is 5. The number of carbonyl (C=O) groups excluding carboxylic acids is 1. The third-order valence-electron chi connectivity index (χ3n) is 3.72. The molecular weight excluding hydrogens is 395 g/mol. The highest BCUT2D eigenvalue weighted by Gasteiger charge is 2.49. The summed E-state index contributed by atoms with van der Waals surface area (Å²) in [5.74, 6) is -0.374. The molecule has 6 nitrogen and oxygen atoms in total. The summed E-state index contributed by atoms with van der Waals surface area (Å²) >= 11 is 13.5. The van der Waals surface area contributed by atoms with Gasteiger partial charge in [0.25, 0.3) is 5.91 Å². The maximum atomic E-state index is 12.0. The van der Waals surface area contributed by atoms with Crippen LogP contribution < -0.4 is 4.90 Å². The van der Waals surface area contributed by atoms with Crippen molar-refractivity contribution >= 4 is 61.6 Å². The molecule has 2 fully saturated rings. The van der Waals surface area contributed by atoms with Crippen LogP contribution in [0.15, 0.2) is 23.2 Å². The number of anilines is 1. The molecule has 0 spiro atoms. The first-order valence-corrected chi connectivity index (χ1v) is 10.5. The van der Waals surface area contributed by atoms with Crippen molar-refractivity contribution in [3.63, 3.8) is 0 Å². The van der Waals surface area contributed by atoms with Gasteiger partial charge in [-0.05, 0) is 18.2 Å². The molecule has 24 heavy (non-hydrogen) atoms. The van der Waals surface area contributed by atoms with E-state index in [1.807, 2.05) is 0 Å². The normalized spacial score (nSPS) is 26.8. The maximum absolute atomic E-state index is 12.0. The Balaban J connectivity index is 2.03. The van der Waals surface area contributed by atoms with E-state index in [-0.39, 0.29) is 29.4 Å². The second-order valence-electron chi connectivity index (χ2n) is 5.49. The quantitative estimate of drug-likeness (QED) is 0.762. The van der Waals surface area contributed by atoms with Crippen molar-refractivity contribution < 1.29 is 17.9 Å². The lowest BCUT2D eigenvalue weighted by Crippen LogP contribution is -2.38. The number of carbonyl (C=O) groups is 1. The van der Waals surface area contributed by atoms with Crippen LogP contribution in [0.2, 0.25) is 10.0 Å². The number of benzene rings is 1. The Hall–Kier alpha value is -0.800. The Morgan fingerprint density at radius 3 is 2.83 bits per heavy atom. The number of nitrogens with zero attached hydrogens (tertiary/aromatic N) is 2. The van der Waals surface area contributed by atoms with Crippen LogP contribution in [-0.4, -0.2) is 56.0 Å². The lowest BCUT2D eigenvalue weighted by molar-refractivity contribution is -0.121. The van der Waals surface area contributed by atoms with Crippen molar-refractivity contribution in [1.82, 2.24) is 0 Å². The van der Waals surface area contributed by atoms with E-state index in [0.717, 1.165) is 0 Å². The zero-order valence-corrected chi connectivity index (χ0v) is 15.8. The molecule has 0 radical (unpaired) electrons. The summed E-state index contributed by atoms with van der Waals surface area (Å²) < 4.78 is 28.7. The summed E-state index contributed by atoms with van der Waals surface area (Å²) in [7, 11) is -1.71. The van der Waals surface area contributed by atoms with Crippen LogP contribution in [0.3, 0.4) is 0 Å². The van der Waals surface area contributed by atoms with Gasteiger partial charge < -0.3 is 9.64 Å². The summed E-state index contributed by atoms with van der Waals surface area (Å²) in [5, 5.41) is 1.10. The highest BCUT2D eigenvalue weighted by Crippen LogP contribution is 2.43. The van der Waals surface area contributed by atoms with E-state index >= 15 is 0 Å². The van der Waals surface area contributed by atoms with E-state index in [1.165, 1.54) is 18.9 Å². The van der Waals surface area contributed by atoms with E-state index in [1.54, 1.807) is 23.1 Å². The molecule has 0 unspecified atom stereocenters. The predicted octanol–water partition coefficient (Wildman–Crippen LogP) is 2.24. The summed E-state index contributed by atoms with van der Waals surface area (Å²) in [6.45, 7) is -0.139. The average molecular weight is 409 g/mol. The largest absolute Gasteiger partial charge is 0.375 e. The van der Waals surface area contributed by atoms with Gasteiger partial charge in [-0.15, -0.1) is 0 Å². The van der Waals surface area contributed by atoms with Gasteiger partial charge in [-0.25, -0.2) is 8.42 Å². The van der Waals surface area contributed by atoms with Crippen LogP contribution in [0.1, 0.15) is 0 Å². The van der Waals surface area contributed by atoms with Crippen LogP contribution in [0, 0.1) is 0 Å². The van der Waals surface area contributed by atoms with Crippen molar-refractivity contribution in [3.8, 4) is 0 Å². The number of sulfone groups is 1. The topological polar surface area (TPSA) is 76.0 Å². The van der Waals surface area contributed by atoms with Crippen molar-refractivity contribution in [2.75, 3.05) is 30.1 Å². The Morgan fingerprint density at radius 2 is 2.17 bits per heavy atom. The van der Waals surface area contributed by atoms with E-state index in [9.17, 15) is 13.2 Å². The molecule has 0 N–H and O–H groups in total. The average Bonchev–Trinajstić information content (AvgIpc) is 2.91. The third-order valence-corrected chi connectivity index (χ3v) is 7.47. The molecule has 1 aromatic carbocycles. The fourth-order valence-electron chi connectivity index (χ4n) is 2.79. The molecule has 0 bridgehead atoms. The van der Waals surface area contributed by atoms with Gasteiger partial charge in [0.05, 0.1) is 28.3 Å². The molecule has 1 aromatic rings. The molecule has 2 heterocycles. The molecular formula is C14H14Cl2N2O4S2. The minimum Gasteiger partial charge on any atom is -0.375 e. The predicted molar refractivity (Wildman–Crippen MR) is 97.1 cm³/mol. The van der Waals surface area contributed by atoms with E-state index in [0.29, 0.717) is 20.9 Å². The number of aliphatic imine (C=N–C) groups is 1. The monoisotopic (exact) mass is 408 g/mol. The van der Waals surface area contributed by atoms with Gasteiger partial charge in [0, 0.05) is 17.4 Å². The SMILES string of the molecule is COCC(=O)N=C1S[C@@H]2CS(=O)(=O)C[C@H]2N1c1ccc(Cl)cc1Cl. The van der Waals surface area contributed by atoms with Crippen LogP contribution in [0.25, 0.3) is 0 Å². The number of ether oxygens (including phenoxy) is 1. The highest BCUT2D eigenvalue weighted by molar-refractivity contribution is 8.16. The van der Waals surface area contributed by atoms with Crippen LogP contribution in [-0.2, 0) is 19.4 Å². The second-order valence-corrected chi connectivity index (χ2v) is 9.69. The zero-order valence-electron chi connectivity index (χ0n) is 12.6. The van der Waals surface area contributed by atoms with Crippen LogP contribution in [0.5, 0.6) is 0 Å². The van der Waals surface area contributed by atoms with Gasteiger partial charge in [0.2, 0.25) is 0 Å². The number of halogens is 2. The van der Waals surface area contributed by atoms with Crippen molar-refractivity contribution in [3.05, 3.63) is 28.2 Å². The smallest absolute Gasteiger partial charge is 0.274 e. The van der Waals surface area contributed by atoms with Crippen molar-refractivity contribution in [2.45, 2.75) is 11.3 Å². The number of rotatable bonds is 3. The van der Waals surface area contributed by atoms with Gasteiger partial charge in [-0.1, -0.05) is 35.0 Å². The molecule has 0 saturated carbocycles. The third kappa shape index (κ3) is 3.57. The molecule has 130 valence electrons. The van der Waals surface area contributed by atoms with E-state index in [2.05, 4.69) is 4.99 Å². The number of methoxy groups -OCH3 is 1. The number of hydrogen-bond donors (Lipinski definition) is 0. The van der Waals surface area contributed by atoms with E-state index in [4.69, 9.17) is 27.9 Å². The Bertz CT molecular complexity index is 813. The molecule has 2 aliphatic heterocycles. The van der Waals surface area contributed by atoms with Crippen LogP contribution in [0.4, 0.5) is 5.69 Å². The molecule has 0 aromatic heterocycles. The van der Waals surface area contributed by atoms with E-state index < -0.39 is 15.7 Å². The molecule has 3 rings (SSSR count). The minimum atomic E-state index is -3.13. The summed E-state index contributed by atoms with van der Waals surface area (Å²) in [4.78, 5) is 17.6. The molecule has 0 aliphatic carbocycles. The first kappa shape index (κ1) is 18.0. The molecule has 2 saturated heterocycles. The highest BCUT2D eigenvalue weighted by atomic mass is 35.5. The first-order chi connectivity index (χ1) is 11.3. The number of amidine groups is 1. The first-order valence-electron chi connectivity index (χ1n) is 7.02. The number of amides is 1. The molecule has 10 heteroatoms. The maximum Gasteiger partial charge on any atom is 0.274 e. The Morgan fingerprint density at radius 1 is 1.42 bits per heavy atom. The van der Waals surface area contributed by atoms with Crippen LogP contribution >= 0.6 is 35.0 Å². The number of thioether (sulfide) groups is 1.